The van der Waals surface area contributed by atoms with Crippen molar-refractivity contribution in [1.82, 2.24) is 9.55 Å². The van der Waals surface area contributed by atoms with Crippen LogP contribution in [0.2, 0.25) is 0 Å². The molecular formula is C15H22BrN3. The number of hydrogen-bond acceptors (Lipinski definition) is 2. The largest absolute Gasteiger partial charge is 0.327 e. The van der Waals surface area contributed by atoms with Crippen molar-refractivity contribution in [1.29, 1.82) is 0 Å². The summed E-state index contributed by atoms with van der Waals surface area (Å²) in [6, 6.07) is 6.79. The molecule has 3 nitrogen and oxygen atoms in total. The number of benzene rings is 1. The SMILES string of the molecule is CC(C)C(N)Cc1nc2cc(Br)ccc2n1C(C)C. The summed E-state index contributed by atoms with van der Waals surface area (Å²) in [6.07, 6.45) is 0.822. The van der Waals surface area contributed by atoms with Gasteiger partial charge in [0, 0.05) is 23.0 Å². The molecule has 0 fully saturated rings. The molecule has 104 valence electrons. The molecule has 1 aromatic heterocycles. The number of hydrogen-bond donors (Lipinski definition) is 1. The molecule has 0 aliphatic carbocycles. The molecule has 1 atom stereocenters. The van der Waals surface area contributed by atoms with Gasteiger partial charge >= 0.3 is 0 Å². The van der Waals surface area contributed by atoms with Crippen molar-refractivity contribution in [2.24, 2.45) is 11.7 Å². The Morgan fingerprint density at radius 2 is 1.95 bits per heavy atom. The molecule has 0 spiro atoms. The fourth-order valence-corrected chi connectivity index (χ4v) is 2.64. The molecule has 0 saturated heterocycles. The van der Waals surface area contributed by atoms with Crippen LogP contribution in [-0.2, 0) is 6.42 Å². The Labute approximate surface area is 123 Å². The van der Waals surface area contributed by atoms with E-state index in [0.717, 1.165) is 22.2 Å². The van der Waals surface area contributed by atoms with Gasteiger partial charge in [0.1, 0.15) is 5.82 Å². The van der Waals surface area contributed by atoms with Crippen LogP contribution in [0.25, 0.3) is 11.0 Å². The van der Waals surface area contributed by atoms with Crippen molar-refractivity contribution in [3.63, 3.8) is 0 Å². The van der Waals surface area contributed by atoms with Gasteiger partial charge in [-0.2, -0.15) is 0 Å². The van der Waals surface area contributed by atoms with E-state index in [1.165, 1.54) is 5.52 Å². The Morgan fingerprint density at radius 3 is 2.53 bits per heavy atom. The van der Waals surface area contributed by atoms with Gasteiger partial charge in [-0.25, -0.2) is 4.98 Å². The molecule has 0 amide bonds. The first-order chi connectivity index (χ1) is 8.90. The van der Waals surface area contributed by atoms with E-state index in [-0.39, 0.29) is 6.04 Å². The minimum atomic E-state index is 0.151. The van der Waals surface area contributed by atoms with E-state index in [1.54, 1.807) is 0 Å². The number of fused-ring (bicyclic) bond motifs is 1. The number of rotatable bonds is 4. The van der Waals surface area contributed by atoms with Crippen LogP contribution < -0.4 is 5.73 Å². The summed E-state index contributed by atoms with van der Waals surface area (Å²) in [4.78, 5) is 4.77. The highest BCUT2D eigenvalue weighted by molar-refractivity contribution is 9.10. The second kappa shape index (κ2) is 5.63. The predicted octanol–water partition coefficient (Wildman–Crippen LogP) is 3.91. The van der Waals surface area contributed by atoms with Gasteiger partial charge in [0.2, 0.25) is 0 Å². The molecule has 0 radical (unpaired) electrons. The van der Waals surface area contributed by atoms with Gasteiger partial charge in [0.15, 0.2) is 0 Å². The highest BCUT2D eigenvalue weighted by Crippen LogP contribution is 2.25. The molecule has 2 aromatic rings. The monoisotopic (exact) mass is 323 g/mol. The van der Waals surface area contributed by atoms with Crippen molar-refractivity contribution < 1.29 is 0 Å². The van der Waals surface area contributed by atoms with Gasteiger partial charge in [0.05, 0.1) is 11.0 Å². The lowest BCUT2D eigenvalue weighted by Crippen LogP contribution is -2.30. The number of nitrogens with zero attached hydrogens (tertiary/aromatic N) is 2. The number of nitrogens with two attached hydrogens (primary N) is 1. The van der Waals surface area contributed by atoms with Crippen LogP contribution in [-0.4, -0.2) is 15.6 Å². The number of imidazole rings is 1. The Morgan fingerprint density at radius 1 is 1.26 bits per heavy atom. The Balaban J connectivity index is 2.50. The van der Waals surface area contributed by atoms with E-state index in [2.05, 4.69) is 66.4 Å². The average Bonchev–Trinajstić information content (AvgIpc) is 2.65. The third kappa shape index (κ3) is 3.00. The van der Waals surface area contributed by atoms with E-state index >= 15 is 0 Å². The summed E-state index contributed by atoms with van der Waals surface area (Å²) in [5, 5.41) is 0. The van der Waals surface area contributed by atoms with Gasteiger partial charge in [-0.15, -0.1) is 0 Å². The average molecular weight is 324 g/mol. The summed E-state index contributed by atoms with van der Waals surface area (Å²) < 4.78 is 3.36. The fraction of sp³-hybridized carbons (Fsp3) is 0.533. The van der Waals surface area contributed by atoms with Crippen LogP contribution in [0.1, 0.15) is 39.6 Å². The molecule has 0 aliphatic rings. The quantitative estimate of drug-likeness (QED) is 0.927. The van der Waals surface area contributed by atoms with Crippen molar-refractivity contribution in [3.8, 4) is 0 Å². The summed E-state index contributed by atoms with van der Waals surface area (Å²) in [5.41, 5.74) is 8.43. The Bertz CT molecular complexity index is 572. The van der Waals surface area contributed by atoms with Crippen molar-refractivity contribution in [3.05, 3.63) is 28.5 Å². The van der Waals surface area contributed by atoms with E-state index in [1.807, 2.05) is 0 Å². The van der Waals surface area contributed by atoms with E-state index < -0.39 is 0 Å². The van der Waals surface area contributed by atoms with Gasteiger partial charge in [0.25, 0.3) is 0 Å². The molecule has 0 aliphatic heterocycles. The lowest BCUT2D eigenvalue weighted by Gasteiger charge is -2.18. The van der Waals surface area contributed by atoms with Crippen molar-refractivity contribution >= 4 is 27.0 Å². The second-order valence-corrected chi connectivity index (χ2v) is 6.65. The second-order valence-electron chi connectivity index (χ2n) is 5.74. The zero-order valence-electron chi connectivity index (χ0n) is 12.0. The molecule has 1 aromatic carbocycles. The maximum atomic E-state index is 6.21. The summed E-state index contributed by atoms with van der Waals surface area (Å²) in [5.74, 6) is 1.55. The maximum Gasteiger partial charge on any atom is 0.111 e. The number of halogens is 1. The topological polar surface area (TPSA) is 43.8 Å². The van der Waals surface area contributed by atoms with Crippen LogP contribution in [0, 0.1) is 5.92 Å². The molecular weight excluding hydrogens is 302 g/mol. The molecule has 0 saturated carbocycles. The summed E-state index contributed by atoms with van der Waals surface area (Å²) >= 11 is 3.50. The summed E-state index contributed by atoms with van der Waals surface area (Å²) in [6.45, 7) is 8.69. The lowest BCUT2D eigenvalue weighted by atomic mass is 10.0. The third-order valence-electron chi connectivity index (χ3n) is 3.52. The third-order valence-corrected chi connectivity index (χ3v) is 4.01. The van der Waals surface area contributed by atoms with Crippen LogP contribution >= 0.6 is 15.9 Å². The highest BCUT2D eigenvalue weighted by atomic mass is 79.9. The van der Waals surface area contributed by atoms with E-state index in [0.29, 0.717) is 12.0 Å². The van der Waals surface area contributed by atoms with E-state index in [4.69, 9.17) is 10.7 Å². The highest BCUT2D eigenvalue weighted by Gasteiger charge is 2.17. The maximum absolute atomic E-state index is 6.21. The van der Waals surface area contributed by atoms with E-state index in [9.17, 15) is 0 Å². The normalized spacial score (nSPS) is 13.7. The Kier molecular flexibility index (Phi) is 4.31. The predicted molar refractivity (Wildman–Crippen MR) is 84.3 cm³/mol. The van der Waals surface area contributed by atoms with Crippen LogP contribution in [0.15, 0.2) is 22.7 Å². The standard InChI is InChI=1S/C15H22BrN3/c1-9(2)12(17)8-15-18-13-7-11(16)5-6-14(13)19(15)10(3)4/h5-7,9-10,12H,8,17H2,1-4H3. The van der Waals surface area contributed by atoms with Crippen molar-refractivity contribution in [2.75, 3.05) is 0 Å². The minimum absolute atomic E-state index is 0.151. The molecule has 2 N–H and O–H groups in total. The first-order valence-corrected chi connectivity index (χ1v) is 7.61. The smallest absolute Gasteiger partial charge is 0.111 e. The zero-order chi connectivity index (χ0) is 14.2. The van der Waals surface area contributed by atoms with Crippen LogP contribution in [0.5, 0.6) is 0 Å². The Hall–Kier alpha value is -0.870. The zero-order valence-corrected chi connectivity index (χ0v) is 13.6. The molecule has 1 heterocycles. The number of aromatic nitrogens is 2. The van der Waals surface area contributed by atoms with Gasteiger partial charge in [-0.3, -0.25) is 0 Å². The molecule has 4 heteroatoms. The van der Waals surface area contributed by atoms with Gasteiger partial charge in [-0.05, 0) is 38.0 Å². The molecule has 0 bridgehead atoms. The molecule has 1 unspecified atom stereocenters. The van der Waals surface area contributed by atoms with Crippen molar-refractivity contribution in [2.45, 2.75) is 46.2 Å². The molecule has 2 rings (SSSR count). The summed E-state index contributed by atoms with van der Waals surface area (Å²) in [7, 11) is 0. The van der Waals surface area contributed by atoms with Crippen LogP contribution in [0.3, 0.4) is 0 Å². The fourth-order valence-electron chi connectivity index (χ4n) is 2.29. The first kappa shape index (κ1) is 14.5. The lowest BCUT2D eigenvalue weighted by molar-refractivity contribution is 0.464. The minimum Gasteiger partial charge on any atom is -0.327 e. The first-order valence-electron chi connectivity index (χ1n) is 6.82. The molecule has 19 heavy (non-hydrogen) atoms. The van der Waals surface area contributed by atoms with Gasteiger partial charge in [-0.1, -0.05) is 29.8 Å². The van der Waals surface area contributed by atoms with Gasteiger partial charge < -0.3 is 10.3 Å². The van der Waals surface area contributed by atoms with Crippen LogP contribution in [0.4, 0.5) is 0 Å².